The molecule has 0 bridgehead atoms. The molecule has 21 heavy (non-hydrogen) atoms. The van der Waals surface area contributed by atoms with Crippen LogP contribution in [0.1, 0.15) is 22.8 Å². The lowest BCUT2D eigenvalue weighted by Crippen LogP contribution is -2.21. The third kappa shape index (κ3) is 3.97. The molecule has 0 aliphatic heterocycles. The Balaban J connectivity index is 1.97. The number of benzene rings is 1. The molecule has 0 saturated carbocycles. The zero-order valence-electron chi connectivity index (χ0n) is 12.6. The molecule has 2 N–H and O–H groups in total. The average Bonchev–Trinajstić information content (AvgIpc) is 3.02. The lowest BCUT2D eigenvalue weighted by Gasteiger charge is -2.15. The first-order chi connectivity index (χ1) is 10.2. The van der Waals surface area contributed by atoms with Crippen LogP contribution in [0.15, 0.2) is 29.0 Å². The molecule has 0 aliphatic rings. The fourth-order valence-electron chi connectivity index (χ4n) is 2.14. The van der Waals surface area contributed by atoms with Crippen LogP contribution in [0, 0.1) is 6.92 Å². The van der Waals surface area contributed by atoms with Crippen molar-refractivity contribution in [3.05, 3.63) is 45.6 Å². The van der Waals surface area contributed by atoms with E-state index in [-0.39, 0.29) is 0 Å². The minimum atomic E-state index is -0.475. The van der Waals surface area contributed by atoms with E-state index in [1.807, 2.05) is 35.9 Å². The van der Waals surface area contributed by atoms with E-state index in [1.54, 1.807) is 25.6 Å². The van der Waals surface area contributed by atoms with Crippen molar-refractivity contribution in [2.24, 2.45) is 0 Å². The highest BCUT2D eigenvalue weighted by Crippen LogP contribution is 2.30. The predicted molar refractivity (Wildman–Crippen MR) is 85.3 cm³/mol. The molecule has 4 nitrogen and oxygen atoms in total. The van der Waals surface area contributed by atoms with Crippen LogP contribution in [-0.2, 0) is 6.54 Å². The SMILES string of the molecule is COc1cc(C)c(CNCC(O)c2ccsc2)cc1OC. The summed E-state index contributed by atoms with van der Waals surface area (Å²) in [7, 11) is 3.26. The summed E-state index contributed by atoms with van der Waals surface area (Å²) in [5.74, 6) is 1.45. The molecular formula is C16H21NO3S. The number of aliphatic hydroxyl groups excluding tert-OH is 1. The van der Waals surface area contributed by atoms with E-state index in [0.717, 1.165) is 28.2 Å². The summed E-state index contributed by atoms with van der Waals surface area (Å²) < 4.78 is 10.6. The van der Waals surface area contributed by atoms with E-state index in [4.69, 9.17) is 9.47 Å². The van der Waals surface area contributed by atoms with Gasteiger partial charge in [-0.2, -0.15) is 11.3 Å². The van der Waals surface area contributed by atoms with Gasteiger partial charge in [-0.1, -0.05) is 0 Å². The summed E-state index contributed by atoms with van der Waals surface area (Å²) in [5, 5.41) is 17.3. The molecule has 114 valence electrons. The number of aliphatic hydroxyl groups is 1. The molecule has 2 rings (SSSR count). The maximum absolute atomic E-state index is 10.0. The van der Waals surface area contributed by atoms with Crippen molar-refractivity contribution in [2.75, 3.05) is 20.8 Å². The Bertz CT molecular complexity index is 569. The van der Waals surface area contributed by atoms with Crippen molar-refractivity contribution in [1.82, 2.24) is 5.32 Å². The largest absolute Gasteiger partial charge is 0.493 e. The van der Waals surface area contributed by atoms with Gasteiger partial charge in [0.2, 0.25) is 0 Å². The van der Waals surface area contributed by atoms with Crippen LogP contribution in [0.4, 0.5) is 0 Å². The smallest absolute Gasteiger partial charge is 0.161 e. The monoisotopic (exact) mass is 307 g/mol. The highest BCUT2D eigenvalue weighted by molar-refractivity contribution is 7.07. The lowest BCUT2D eigenvalue weighted by atomic mass is 10.1. The first kappa shape index (κ1) is 15.8. The van der Waals surface area contributed by atoms with Gasteiger partial charge in [0.1, 0.15) is 0 Å². The van der Waals surface area contributed by atoms with Gasteiger partial charge in [-0.25, -0.2) is 0 Å². The standard InChI is InChI=1S/C16H21NO3S/c1-11-6-15(19-2)16(20-3)7-13(11)8-17-9-14(18)12-4-5-21-10-12/h4-7,10,14,17-18H,8-9H2,1-3H3. The average molecular weight is 307 g/mol. The Hall–Kier alpha value is -1.56. The summed E-state index contributed by atoms with van der Waals surface area (Å²) in [6.07, 6.45) is -0.475. The third-order valence-electron chi connectivity index (χ3n) is 3.42. The van der Waals surface area contributed by atoms with Crippen molar-refractivity contribution < 1.29 is 14.6 Å². The van der Waals surface area contributed by atoms with Gasteiger partial charge in [0.25, 0.3) is 0 Å². The van der Waals surface area contributed by atoms with Crippen LogP contribution in [0.5, 0.6) is 11.5 Å². The third-order valence-corrected chi connectivity index (χ3v) is 4.12. The molecule has 2 aromatic rings. The van der Waals surface area contributed by atoms with Gasteiger partial charge in [0.15, 0.2) is 11.5 Å². The van der Waals surface area contributed by atoms with Crippen molar-refractivity contribution in [3.63, 3.8) is 0 Å². The van der Waals surface area contributed by atoms with Crippen molar-refractivity contribution in [1.29, 1.82) is 0 Å². The topological polar surface area (TPSA) is 50.7 Å². The molecule has 1 heterocycles. The molecule has 0 saturated heterocycles. The molecule has 0 amide bonds. The van der Waals surface area contributed by atoms with Crippen LogP contribution in [0.25, 0.3) is 0 Å². The molecule has 5 heteroatoms. The van der Waals surface area contributed by atoms with E-state index in [9.17, 15) is 5.11 Å². The molecular weight excluding hydrogens is 286 g/mol. The highest BCUT2D eigenvalue weighted by atomic mass is 32.1. The fraction of sp³-hybridized carbons (Fsp3) is 0.375. The predicted octanol–water partition coefficient (Wildman–Crippen LogP) is 2.90. The number of thiophene rings is 1. The quantitative estimate of drug-likeness (QED) is 0.826. The van der Waals surface area contributed by atoms with Gasteiger partial charge >= 0.3 is 0 Å². The first-order valence-electron chi connectivity index (χ1n) is 6.78. The molecule has 1 aromatic heterocycles. The summed E-state index contributed by atoms with van der Waals surface area (Å²) in [6, 6.07) is 5.88. The van der Waals surface area contributed by atoms with Crippen molar-refractivity contribution in [2.45, 2.75) is 19.6 Å². The Morgan fingerprint density at radius 3 is 2.57 bits per heavy atom. The van der Waals surface area contributed by atoms with Crippen LogP contribution >= 0.6 is 11.3 Å². The minimum absolute atomic E-state index is 0.475. The molecule has 1 aromatic carbocycles. The van der Waals surface area contributed by atoms with Gasteiger partial charge in [0, 0.05) is 13.1 Å². The Kier molecular flexibility index (Phi) is 5.61. The van der Waals surface area contributed by atoms with Gasteiger partial charge in [-0.05, 0) is 52.6 Å². The Morgan fingerprint density at radius 2 is 1.95 bits per heavy atom. The zero-order valence-corrected chi connectivity index (χ0v) is 13.4. The summed E-state index contributed by atoms with van der Waals surface area (Å²) in [4.78, 5) is 0. The number of aryl methyl sites for hydroxylation is 1. The number of hydrogen-bond donors (Lipinski definition) is 2. The van der Waals surface area contributed by atoms with Gasteiger partial charge in [0.05, 0.1) is 20.3 Å². The summed E-state index contributed by atoms with van der Waals surface area (Å²) in [6.45, 7) is 3.23. The second-order valence-corrected chi connectivity index (χ2v) is 5.62. The van der Waals surface area contributed by atoms with Crippen LogP contribution in [0.3, 0.4) is 0 Å². The molecule has 1 unspecified atom stereocenters. The Morgan fingerprint density at radius 1 is 1.24 bits per heavy atom. The maximum Gasteiger partial charge on any atom is 0.161 e. The molecule has 0 fully saturated rings. The zero-order chi connectivity index (χ0) is 15.2. The highest BCUT2D eigenvalue weighted by Gasteiger charge is 2.10. The second kappa shape index (κ2) is 7.45. The molecule has 1 atom stereocenters. The van der Waals surface area contributed by atoms with Crippen LogP contribution in [-0.4, -0.2) is 25.9 Å². The number of methoxy groups -OCH3 is 2. The first-order valence-corrected chi connectivity index (χ1v) is 7.72. The number of rotatable bonds is 7. The molecule has 0 spiro atoms. The summed E-state index contributed by atoms with van der Waals surface area (Å²) >= 11 is 1.59. The Labute approximate surface area is 129 Å². The molecule has 0 radical (unpaired) electrons. The van der Waals surface area contributed by atoms with E-state index in [1.165, 1.54) is 0 Å². The maximum atomic E-state index is 10.0. The summed E-state index contributed by atoms with van der Waals surface area (Å²) in [5.41, 5.74) is 3.21. The van der Waals surface area contributed by atoms with Crippen LogP contribution < -0.4 is 14.8 Å². The van der Waals surface area contributed by atoms with Gasteiger partial charge < -0.3 is 19.9 Å². The van der Waals surface area contributed by atoms with Gasteiger partial charge in [-0.3, -0.25) is 0 Å². The number of nitrogens with one attached hydrogen (secondary N) is 1. The van der Waals surface area contributed by atoms with E-state index >= 15 is 0 Å². The minimum Gasteiger partial charge on any atom is -0.493 e. The number of hydrogen-bond acceptors (Lipinski definition) is 5. The van der Waals surface area contributed by atoms with Crippen LogP contribution in [0.2, 0.25) is 0 Å². The van der Waals surface area contributed by atoms with E-state index in [2.05, 4.69) is 5.32 Å². The van der Waals surface area contributed by atoms with Crippen molar-refractivity contribution >= 4 is 11.3 Å². The lowest BCUT2D eigenvalue weighted by molar-refractivity contribution is 0.175. The normalized spacial score (nSPS) is 12.2. The fourth-order valence-corrected chi connectivity index (χ4v) is 2.85. The van der Waals surface area contributed by atoms with Gasteiger partial charge in [-0.15, -0.1) is 0 Å². The second-order valence-electron chi connectivity index (χ2n) is 4.84. The molecule has 0 aliphatic carbocycles. The van der Waals surface area contributed by atoms with E-state index in [0.29, 0.717) is 13.1 Å². The van der Waals surface area contributed by atoms with E-state index < -0.39 is 6.10 Å². The number of ether oxygens (including phenoxy) is 2. The van der Waals surface area contributed by atoms with Crippen molar-refractivity contribution in [3.8, 4) is 11.5 Å².